The molecule has 4 heterocycles. The van der Waals surface area contributed by atoms with Crippen molar-refractivity contribution in [2.75, 3.05) is 0 Å². The first-order chi connectivity index (χ1) is 37.2. The number of rotatable bonds is 6. The van der Waals surface area contributed by atoms with Crippen LogP contribution < -0.4 is 16.4 Å². The zero-order valence-electron chi connectivity index (χ0n) is 40.7. The smallest absolute Gasteiger partial charge is 0.244 e. The third-order valence-electron chi connectivity index (χ3n) is 15.3. The Labute approximate surface area is 434 Å². The second-order valence-electron chi connectivity index (χ2n) is 19.4. The van der Waals surface area contributed by atoms with Gasteiger partial charge in [-0.1, -0.05) is 247 Å². The molecule has 3 aromatic heterocycles. The summed E-state index contributed by atoms with van der Waals surface area (Å²) in [5, 5.41) is 4.54. The predicted octanol–water partition coefficient (Wildman–Crippen LogP) is 14.9. The van der Waals surface area contributed by atoms with E-state index >= 15 is 0 Å². The Balaban J connectivity index is 1.08. The van der Waals surface area contributed by atoms with Crippen LogP contribution in [0.5, 0.6) is 0 Å². The normalized spacial score (nSPS) is 12.0. The van der Waals surface area contributed by atoms with E-state index in [2.05, 4.69) is 276 Å². The monoisotopic (exact) mass is 953 g/mol. The largest absolute Gasteiger partial charge is 0.278 e. The van der Waals surface area contributed by atoms with Crippen molar-refractivity contribution in [2.24, 2.45) is 0 Å². The Morgan fingerprint density at radius 3 is 0.947 bits per heavy atom. The van der Waals surface area contributed by atoms with E-state index in [1.807, 2.05) is 0 Å². The summed E-state index contributed by atoms with van der Waals surface area (Å²) < 4.78 is 4.41. The number of nitrogens with zero attached hydrogens (tertiary/aromatic N) is 5. The number of hydrogen-bond acceptors (Lipinski definition) is 3. The standard InChI is InChI=1S/C69H44BN5/c1-3-23-45(24-4-1)58-43-47(67-71-68(74-62-39-19-13-33-54(62)55-34-14-20-40-63(55)74)73-69(72-67)75-64-41-21-15-35-56(64)57-36-16-22-42-65(57)75)44-59(46-25-5-2-6-26-46)66(58)70-60-37-17-11-31-52(60)50-29-9-7-27-48(50)49-28-8-10-30-51(49)53-32-12-18-38-61(53)70/h1-44H. The van der Waals surface area contributed by atoms with Gasteiger partial charge in [0.2, 0.25) is 18.6 Å². The molecule has 1 aliphatic heterocycles. The predicted molar refractivity (Wildman–Crippen MR) is 312 cm³/mol. The Kier molecular flexibility index (Phi) is 9.92. The minimum Gasteiger partial charge on any atom is -0.278 e. The van der Waals surface area contributed by atoms with Crippen LogP contribution in [0.1, 0.15) is 0 Å². The highest BCUT2D eigenvalue weighted by molar-refractivity contribution is 6.98. The second-order valence-corrected chi connectivity index (χ2v) is 19.4. The molecule has 0 bridgehead atoms. The zero-order valence-corrected chi connectivity index (χ0v) is 40.7. The van der Waals surface area contributed by atoms with Crippen molar-refractivity contribution in [1.82, 2.24) is 24.1 Å². The van der Waals surface area contributed by atoms with Gasteiger partial charge in [0.15, 0.2) is 5.82 Å². The fourth-order valence-corrected chi connectivity index (χ4v) is 12.1. The first-order valence-electron chi connectivity index (χ1n) is 25.6. The number of fused-ring (bicyclic) bond motifs is 13. The fourth-order valence-electron chi connectivity index (χ4n) is 12.1. The van der Waals surface area contributed by atoms with Crippen molar-refractivity contribution in [2.45, 2.75) is 0 Å². The molecule has 0 radical (unpaired) electrons. The first-order valence-corrected chi connectivity index (χ1v) is 25.6. The number of benzene rings is 11. The SMILES string of the molecule is c1ccc(-c2cc(-c3nc(-n4c5ccccc5c5ccccc54)nc(-n4c5ccccc5c5ccccc54)n3)cc(-c3ccccc3)c2B2c3ccccc3-c3ccccc3-c3ccccc3-c3ccccc32)cc1. The highest BCUT2D eigenvalue weighted by atomic mass is 15.3. The lowest BCUT2D eigenvalue weighted by Gasteiger charge is -2.27. The van der Waals surface area contributed by atoms with Gasteiger partial charge in [-0.15, -0.1) is 0 Å². The van der Waals surface area contributed by atoms with Gasteiger partial charge in [0, 0.05) is 27.1 Å². The molecule has 5 nitrogen and oxygen atoms in total. The average Bonchev–Trinajstić information content (AvgIpc) is 4.02. The van der Waals surface area contributed by atoms with Crippen LogP contribution in [0.25, 0.3) is 123 Å². The Bertz CT molecular complexity index is 4170. The van der Waals surface area contributed by atoms with Crippen LogP contribution in [-0.2, 0) is 0 Å². The first kappa shape index (κ1) is 42.7. The summed E-state index contributed by atoms with van der Waals surface area (Å²) in [6.45, 7) is -0.226. The van der Waals surface area contributed by atoms with E-state index < -0.39 is 0 Å². The molecule has 0 unspecified atom stereocenters. The second kappa shape index (κ2) is 17.4. The molecule has 0 fully saturated rings. The summed E-state index contributed by atoms with van der Waals surface area (Å²) in [6, 6.07) is 96.6. The van der Waals surface area contributed by atoms with Crippen LogP contribution >= 0.6 is 0 Å². The summed E-state index contributed by atoms with van der Waals surface area (Å²) in [6.07, 6.45) is 0. The lowest BCUT2D eigenvalue weighted by molar-refractivity contribution is 0.893. The van der Waals surface area contributed by atoms with Gasteiger partial charge in [-0.2, -0.15) is 15.0 Å². The van der Waals surface area contributed by atoms with Gasteiger partial charge in [0.05, 0.1) is 22.1 Å². The molecular weight excluding hydrogens is 910 g/mol. The van der Waals surface area contributed by atoms with Crippen LogP contribution in [0.4, 0.5) is 0 Å². The number of hydrogen-bond donors (Lipinski definition) is 0. The van der Waals surface area contributed by atoms with Gasteiger partial charge in [-0.3, -0.25) is 9.13 Å². The number of aromatic nitrogens is 5. The Morgan fingerprint density at radius 2 is 0.560 bits per heavy atom. The quantitative estimate of drug-likeness (QED) is 0.156. The molecular formula is C69H44BN5. The maximum Gasteiger partial charge on any atom is 0.244 e. The molecule has 6 heteroatoms. The zero-order chi connectivity index (χ0) is 49.4. The van der Waals surface area contributed by atoms with E-state index in [1.165, 1.54) is 49.8 Å². The van der Waals surface area contributed by atoms with Crippen molar-refractivity contribution in [3.63, 3.8) is 0 Å². The van der Waals surface area contributed by atoms with Crippen LogP contribution in [-0.4, -0.2) is 30.8 Å². The van der Waals surface area contributed by atoms with Crippen molar-refractivity contribution >= 4 is 66.7 Å². The van der Waals surface area contributed by atoms with Gasteiger partial charge in [-0.25, -0.2) is 0 Å². The number of para-hydroxylation sites is 4. The molecule has 0 N–H and O–H groups in total. The van der Waals surface area contributed by atoms with Crippen molar-refractivity contribution in [3.8, 4) is 78.9 Å². The Morgan fingerprint density at radius 1 is 0.253 bits per heavy atom. The van der Waals surface area contributed by atoms with Gasteiger partial charge in [-0.05, 0) is 92.0 Å². The molecule has 15 rings (SSSR count). The van der Waals surface area contributed by atoms with Crippen LogP contribution in [0.3, 0.4) is 0 Å². The lowest BCUT2D eigenvalue weighted by Crippen LogP contribution is -2.54. The third kappa shape index (κ3) is 6.84. The van der Waals surface area contributed by atoms with Crippen LogP contribution in [0, 0.1) is 0 Å². The molecule has 0 saturated carbocycles. The minimum atomic E-state index is -0.226. The van der Waals surface area contributed by atoms with E-state index in [4.69, 9.17) is 15.0 Å². The molecule has 75 heavy (non-hydrogen) atoms. The molecule has 0 atom stereocenters. The molecule has 11 aromatic carbocycles. The highest BCUT2D eigenvalue weighted by Crippen LogP contribution is 2.41. The summed E-state index contributed by atoms with van der Waals surface area (Å²) in [5.74, 6) is 1.65. The summed E-state index contributed by atoms with van der Waals surface area (Å²) >= 11 is 0. The molecule has 0 amide bonds. The van der Waals surface area contributed by atoms with Crippen molar-refractivity contribution in [3.05, 3.63) is 267 Å². The Hall–Kier alpha value is -9.91. The molecule has 0 saturated heterocycles. The van der Waals surface area contributed by atoms with E-state index in [1.54, 1.807) is 0 Å². The maximum absolute atomic E-state index is 5.62. The van der Waals surface area contributed by atoms with E-state index in [0.717, 1.165) is 71.4 Å². The molecule has 1 aliphatic rings. The highest BCUT2D eigenvalue weighted by Gasteiger charge is 2.35. The van der Waals surface area contributed by atoms with Crippen molar-refractivity contribution in [1.29, 1.82) is 0 Å². The van der Waals surface area contributed by atoms with Crippen LogP contribution in [0.2, 0.25) is 0 Å². The summed E-state index contributed by atoms with van der Waals surface area (Å²) in [4.78, 5) is 16.7. The van der Waals surface area contributed by atoms with Crippen molar-refractivity contribution < 1.29 is 0 Å². The molecule has 0 spiro atoms. The summed E-state index contributed by atoms with van der Waals surface area (Å²) in [7, 11) is 0. The van der Waals surface area contributed by atoms with Gasteiger partial charge in [0.1, 0.15) is 0 Å². The van der Waals surface area contributed by atoms with Crippen LogP contribution in [0.15, 0.2) is 267 Å². The molecule has 14 aromatic rings. The van der Waals surface area contributed by atoms with E-state index in [-0.39, 0.29) is 6.71 Å². The van der Waals surface area contributed by atoms with E-state index in [9.17, 15) is 0 Å². The minimum absolute atomic E-state index is 0.226. The van der Waals surface area contributed by atoms with E-state index in [0.29, 0.717) is 17.7 Å². The lowest BCUT2D eigenvalue weighted by atomic mass is 9.33. The van der Waals surface area contributed by atoms with Gasteiger partial charge >= 0.3 is 0 Å². The summed E-state index contributed by atoms with van der Waals surface area (Å²) in [5.41, 5.74) is 20.3. The molecule has 348 valence electrons. The molecule has 0 aliphatic carbocycles. The fraction of sp³-hybridized carbons (Fsp3) is 0. The topological polar surface area (TPSA) is 48.5 Å². The third-order valence-corrected chi connectivity index (χ3v) is 15.3. The average molecular weight is 954 g/mol. The van der Waals surface area contributed by atoms with Gasteiger partial charge in [0.25, 0.3) is 0 Å². The van der Waals surface area contributed by atoms with Gasteiger partial charge < -0.3 is 0 Å². The maximum atomic E-state index is 5.62.